The van der Waals surface area contributed by atoms with Gasteiger partial charge < -0.3 is 9.63 Å². The maximum atomic E-state index is 12.1. The summed E-state index contributed by atoms with van der Waals surface area (Å²) in [6.07, 6.45) is 1.24. The Morgan fingerprint density at radius 2 is 2.20 bits per heavy atom. The second-order valence-corrected chi connectivity index (χ2v) is 5.65. The molecule has 0 saturated carbocycles. The van der Waals surface area contributed by atoms with Crippen LogP contribution in [0.5, 0.6) is 0 Å². The first kappa shape index (κ1) is 14.4. The largest absolute Gasteiger partial charge is 0.384 e. The first-order chi connectivity index (χ1) is 9.53. The van der Waals surface area contributed by atoms with Gasteiger partial charge >= 0.3 is 0 Å². The van der Waals surface area contributed by atoms with Gasteiger partial charge in [-0.2, -0.15) is 0 Å². The van der Waals surface area contributed by atoms with E-state index in [1.807, 2.05) is 0 Å². The minimum atomic E-state index is -3.85. The van der Waals surface area contributed by atoms with Crippen LogP contribution in [0.1, 0.15) is 5.56 Å². The Bertz CT molecular complexity index is 760. The second-order valence-electron chi connectivity index (χ2n) is 3.60. The molecule has 2 rings (SSSR count). The fraction of sp³-hybridized carbons (Fsp3) is 0.0833. The van der Waals surface area contributed by atoms with Crippen LogP contribution in [0.3, 0.4) is 0 Å². The number of aliphatic hydroxyl groups excluding tert-OH is 1. The summed E-state index contributed by atoms with van der Waals surface area (Å²) in [4.78, 5) is -0.100. The fourth-order valence-corrected chi connectivity index (χ4v) is 2.93. The van der Waals surface area contributed by atoms with Crippen molar-refractivity contribution in [2.45, 2.75) is 4.90 Å². The highest BCUT2D eigenvalue weighted by atomic mass is 35.5. The average Bonchev–Trinajstić information content (AvgIpc) is 2.88. The lowest BCUT2D eigenvalue weighted by atomic mass is 10.2. The van der Waals surface area contributed by atoms with Gasteiger partial charge in [-0.25, -0.2) is 8.42 Å². The first-order valence-electron chi connectivity index (χ1n) is 5.35. The normalized spacial score (nSPS) is 10.7. The molecule has 0 radical (unpaired) electrons. The molecule has 0 saturated heterocycles. The van der Waals surface area contributed by atoms with Gasteiger partial charge in [0.1, 0.15) is 17.8 Å². The first-order valence-corrected chi connectivity index (χ1v) is 7.21. The van der Waals surface area contributed by atoms with Gasteiger partial charge in [-0.05, 0) is 18.2 Å². The van der Waals surface area contributed by atoms with Crippen LogP contribution in [-0.4, -0.2) is 25.3 Å². The van der Waals surface area contributed by atoms with Crippen molar-refractivity contribution in [3.63, 3.8) is 0 Å². The van der Waals surface area contributed by atoms with E-state index in [-0.39, 0.29) is 22.3 Å². The van der Waals surface area contributed by atoms with E-state index in [0.29, 0.717) is 5.56 Å². The zero-order valence-corrected chi connectivity index (χ0v) is 11.6. The number of anilines is 1. The zero-order chi connectivity index (χ0) is 14.6. The minimum Gasteiger partial charge on any atom is -0.384 e. The van der Waals surface area contributed by atoms with Crippen LogP contribution in [0, 0.1) is 11.8 Å². The summed E-state index contributed by atoms with van der Waals surface area (Å²) in [5.41, 5.74) is 0.504. The number of hydrogen-bond donors (Lipinski definition) is 2. The Morgan fingerprint density at radius 1 is 1.40 bits per heavy atom. The molecule has 1 heterocycles. The number of rotatable bonds is 3. The Hall–Kier alpha value is -2.01. The van der Waals surface area contributed by atoms with Gasteiger partial charge in [-0.15, -0.1) is 0 Å². The number of aromatic nitrogens is 1. The smallest absolute Gasteiger partial charge is 0.264 e. The molecule has 0 atom stereocenters. The summed E-state index contributed by atoms with van der Waals surface area (Å²) < 4.78 is 30.9. The molecule has 0 aliphatic carbocycles. The zero-order valence-electron chi connectivity index (χ0n) is 10.00. The minimum absolute atomic E-state index is 0.0192. The van der Waals surface area contributed by atoms with Gasteiger partial charge in [0.15, 0.2) is 5.82 Å². The third-order valence-electron chi connectivity index (χ3n) is 2.21. The molecule has 0 aliphatic heterocycles. The Labute approximate surface area is 120 Å². The van der Waals surface area contributed by atoms with Crippen molar-refractivity contribution < 1.29 is 18.0 Å². The Balaban J connectivity index is 2.33. The lowest BCUT2D eigenvalue weighted by molar-refractivity contribution is 0.350. The van der Waals surface area contributed by atoms with Crippen molar-refractivity contribution in [1.82, 2.24) is 5.16 Å². The molecule has 104 valence electrons. The van der Waals surface area contributed by atoms with E-state index in [1.54, 1.807) is 0 Å². The van der Waals surface area contributed by atoms with Crippen LogP contribution in [-0.2, 0) is 10.0 Å². The molecule has 0 fully saturated rings. The molecule has 0 spiro atoms. The third-order valence-corrected chi connectivity index (χ3v) is 4.05. The van der Waals surface area contributed by atoms with Crippen LogP contribution in [0.2, 0.25) is 5.02 Å². The quantitative estimate of drug-likeness (QED) is 0.837. The SMILES string of the molecule is O=S(=O)(Nc1ccon1)c1ccc(C#CCO)cc1Cl. The highest BCUT2D eigenvalue weighted by Gasteiger charge is 2.19. The Kier molecular flexibility index (Phi) is 4.29. The van der Waals surface area contributed by atoms with Crippen molar-refractivity contribution in [1.29, 1.82) is 0 Å². The number of nitrogens with zero attached hydrogens (tertiary/aromatic N) is 1. The summed E-state index contributed by atoms with van der Waals surface area (Å²) in [6.45, 7) is -0.286. The predicted octanol–water partition coefficient (Wildman–Crippen LogP) is 1.47. The Morgan fingerprint density at radius 3 is 2.80 bits per heavy atom. The van der Waals surface area contributed by atoms with Gasteiger partial charge in [-0.3, -0.25) is 4.72 Å². The molecule has 0 bridgehead atoms. The van der Waals surface area contributed by atoms with Crippen molar-refractivity contribution in [3.8, 4) is 11.8 Å². The van der Waals surface area contributed by atoms with E-state index in [2.05, 4.69) is 26.2 Å². The van der Waals surface area contributed by atoms with E-state index >= 15 is 0 Å². The molecule has 2 aromatic rings. The number of nitrogens with one attached hydrogen (secondary N) is 1. The monoisotopic (exact) mass is 312 g/mol. The van der Waals surface area contributed by atoms with Gasteiger partial charge in [0.05, 0.1) is 5.02 Å². The van der Waals surface area contributed by atoms with Crippen molar-refractivity contribution in [2.75, 3.05) is 11.3 Å². The second kappa shape index (κ2) is 5.96. The molecular formula is C12H9ClN2O4S. The number of aliphatic hydroxyl groups is 1. The summed E-state index contributed by atoms with van der Waals surface area (Å²) in [5.74, 6) is 5.14. The lowest BCUT2D eigenvalue weighted by Crippen LogP contribution is -2.13. The topological polar surface area (TPSA) is 92.4 Å². The molecule has 2 N–H and O–H groups in total. The molecule has 6 nitrogen and oxygen atoms in total. The molecule has 20 heavy (non-hydrogen) atoms. The van der Waals surface area contributed by atoms with E-state index in [4.69, 9.17) is 16.7 Å². The molecule has 1 aromatic carbocycles. The predicted molar refractivity (Wildman–Crippen MR) is 72.7 cm³/mol. The van der Waals surface area contributed by atoms with Gasteiger partial charge in [0.25, 0.3) is 10.0 Å². The number of sulfonamides is 1. The summed E-state index contributed by atoms with van der Waals surface area (Å²) >= 11 is 5.94. The highest BCUT2D eigenvalue weighted by Crippen LogP contribution is 2.24. The van der Waals surface area contributed by atoms with Crippen LogP contribution >= 0.6 is 11.6 Å². The highest BCUT2D eigenvalue weighted by molar-refractivity contribution is 7.92. The molecular weight excluding hydrogens is 304 g/mol. The van der Waals surface area contributed by atoms with E-state index in [0.717, 1.165) is 0 Å². The molecule has 0 unspecified atom stereocenters. The number of hydrogen-bond acceptors (Lipinski definition) is 5. The van der Waals surface area contributed by atoms with Crippen LogP contribution in [0.25, 0.3) is 0 Å². The van der Waals surface area contributed by atoms with Crippen molar-refractivity contribution in [2.24, 2.45) is 0 Å². The third kappa shape index (κ3) is 3.30. The van der Waals surface area contributed by atoms with E-state index < -0.39 is 10.0 Å². The summed E-state index contributed by atoms with van der Waals surface area (Å²) in [5, 5.41) is 12.1. The lowest BCUT2D eigenvalue weighted by Gasteiger charge is -2.07. The molecule has 0 aliphatic rings. The van der Waals surface area contributed by atoms with E-state index in [9.17, 15) is 8.42 Å². The average molecular weight is 313 g/mol. The summed E-state index contributed by atoms with van der Waals surface area (Å²) in [7, 11) is -3.85. The van der Waals surface area contributed by atoms with E-state index in [1.165, 1.54) is 30.5 Å². The molecule has 0 amide bonds. The van der Waals surface area contributed by atoms with Crippen LogP contribution in [0.4, 0.5) is 5.82 Å². The fourth-order valence-electron chi connectivity index (χ4n) is 1.40. The van der Waals surface area contributed by atoms with Crippen molar-refractivity contribution in [3.05, 3.63) is 41.1 Å². The van der Waals surface area contributed by atoms with Crippen LogP contribution < -0.4 is 4.72 Å². The molecule has 1 aromatic heterocycles. The van der Waals surface area contributed by atoms with Gasteiger partial charge in [-0.1, -0.05) is 28.6 Å². The standard InChI is InChI=1S/C12H9ClN2O4S/c13-10-8-9(2-1-6-16)3-4-11(10)20(17,18)15-12-5-7-19-14-12/h3-5,7-8,16H,6H2,(H,14,15). The maximum absolute atomic E-state index is 12.1. The number of halogens is 1. The molecule has 8 heteroatoms. The summed E-state index contributed by atoms with van der Waals surface area (Å²) in [6, 6.07) is 5.59. The number of benzene rings is 1. The van der Waals surface area contributed by atoms with Gasteiger partial charge in [0.2, 0.25) is 0 Å². The van der Waals surface area contributed by atoms with Crippen LogP contribution in [0.15, 0.2) is 39.9 Å². The van der Waals surface area contributed by atoms with Crippen molar-refractivity contribution >= 4 is 27.4 Å². The maximum Gasteiger partial charge on any atom is 0.264 e. The van der Waals surface area contributed by atoms with Gasteiger partial charge in [0, 0.05) is 11.6 Å².